The van der Waals surface area contributed by atoms with E-state index in [4.69, 9.17) is 23.3 Å². The van der Waals surface area contributed by atoms with Crippen LogP contribution in [-0.2, 0) is 32.9 Å². The van der Waals surface area contributed by atoms with E-state index >= 15 is 4.39 Å². The van der Waals surface area contributed by atoms with Gasteiger partial charge in [-0.2, -0.15) is 5.09 Å². The number of carbonyl (C=O) groups excluding carboxylic acids is 2. The monoisotopic (exact) mass is 569 g/mol. The molecule has 4 rings (SSSR count). The lowest BCUT2D eigenvalue weighted by Crippen LogP contribution is -2.46. The van der Waals surface area contributed by atoms with Crippen molar-refractivity contribution in [1.29, 1.82) is 0 Å². The molecule has 0 bridgehead atoms. The molecule has 0 aliphatic carbocycles. The van der Waals surface area contributed by atoms with Crippen LogP contribution in [0.1, 0.15) is 39.3 Å². The van der Waals surface area contributed by atoms with Gasteiger partial charge in [0, 0.05) is 18.7 Å². The van der Waals surface area contributed by atoms with Crippen molar-refractivity contribution in [2.45, 2.75) is 63.3 Å². The number of aromatic nitrogens is 2. The molecule has 39 heavy (non-hydrogen) atoms. The number of hydrogen-bond donors (Lipinski definition) is 2. The Labute approximate surface area is 222 Å². The molecule has 2 aliphatic rings. The molecule has 1 aromatic heterocycles. The van der Waals surface area contributed by atoms with Crippen LogP contribution in [0.4, 0.5) is 4.39 Å². The van der Waals surface area contributed by atoms with Gasteiger partial charge in [-0.1, -0.05) is 18.2 Å². The molecule has 2 N–H and O–H groups in total. The van der Waals surface area contributed by atoms with Gasteiger partial charge in [-0.05, 0) is 38.8 Å². The predicted octanol–water partition coefficient (Wildman–Crippen LogP) is 1.98. The zero-order chi connectivity index (χ0) is 28.2. The molecule has 0 unspecified atom stereocenters. The summed E-state index contributed by atoms with van der Waals surface area (Å²) in [6, 6.07) is 7.87. The number of H-pyrrole nitrogens is 1. The van der Waals surface area contributed by atoms with Crippen LogP contribution in [0, 0.1) is 0 Å². The number of hydrogen-bond acceptors (Lipinski definition) is 10. The van der Waals surface area contributed by atoms with Crippen LogP contribution in [0.5, 0.6) is 5.75 Å². The van der Waals surface area contributed by atoms with E-state index in [-0.39, 0.29) is 25.2 Å². The number of para-hydroxylation sites is 1. The highest BCUT2D eigenvalue weighted by atomic mass is 31.2. The van der Waals surface area contributed by atoms with Crippen molar-refractivity contribution >= 4 is 19.7 Å². The highest BCUT2D eigenvalue weighted by Gasteiger charge is 2.58. The lowest BCUT2D eigenvalue weighted by molar-refractivity contribution is -0.158. The van der Waals surface area contributed by atoms with Crippen LogP contribution in [0.15, 0.2) is 52.2 Å². The molecule has 6 atom stereocenters. The first-order chi connectivity index (χ1) is 18.5. The van der Waals surface area contributed by atoms with E-state index in [1.807, 2.05) is 4.98 Å². The first-order valence-electron chi connectivity index (χ1n) is 12.3. The SMILES string of the molecule is C[C@@H]1N[P@](=O)(Oc2ccccc2)OC[C@H]2O[C@@H](n3ccc(=O)[nH]c3=O)[C@](C)(F)[C@@H]2OC(=O)CCCCOC1=O. The summed E-state index contributed by atoms with van der Waals surface area (Å²) < 4.78 is 58.4. The van der Waals surface area contributed by atoms with Crippen LogP contribution >= 0.6 is 7.75 Å². The van der Waals surface area contributed by atoms with Crippen molar-refractivity contribution in [3.05, 3.63) is 63.4 Å². The molecule has 0 spiro atoms. The van der Waals surface area contributed by atoms with E-state index in [0.717, 1.165) is 23.8 Å². The highest BCUT2D eigenvalue weighted by Crippen LogP contribution is 2.48. The number of ether oxygens (including phenoxy) is 3. The fourth-order valence-corrected chi connectivity index (χ4v) is 5.68. The van der Waals surface area contributed by atoms with Gasteiger partial charge in [0.15, 0.2) is 18.0 Å². The molecule has 212 valence electrons. The van der Waals surface area contributed by atoms with Gasteiger partial charge in [0.25, 0.3) is 5.56 Å². The Morgan fingerprint density at radius 2 is 1.87 bits per heavy atom. The molecule has 2 aliphatic heterocycles. The van der Waals surface area contributed by atoms with Gasteiger partial charge in [-0.15, -0.1) is 0 Å². The van der Waals surface area contributed by atoms with Crippen molar-refractivity contribution in [3.8, 4) is 5.75 Å². The van der Waals surface area contributed by atoms with Gasteiger partial charge in [0.05, 0.1) is 13.2 Å². The minimum atomic E-state index is -4.34. The summed E-state index contributed by atoms with van der Waals surface area (Å²) in [7, 11) is -4.34. The summed E-state index contributed by atoms with van der Waals surface area (Å²) in [5.41, 5.74) is -4.13. The van der Waals surface area contributed by atoms with Gasteiger partial charge < -0.3 is 18.7 Å². The number of nitrogens with zero attached hydrogens (tertiary/aromatic N) is 1. The fourth-order valence-electron chi connectivity index (χ4n) is 4.18. The van der Waals surface area contributed by atoms with Gasteiger partial charge in [0.2, 0.25) is 0 Å². The van der Waals surface area contributed by atoms with E-state index in [1.54, 1.807) is 18.2 Å². The lowest BCUT2D eigenvalue weighted by Gasteiger charge is -2.28. The van der Waals surface area contributed by atoms with Gasteiger partial charge >= 0.3 is 25.4 Å². The topological polar surface area (TPSA) is 164 Å². The van der Waals surface area contributed by atoms with E-state index < -0.39 is 67.7 Å². The molecule has 13 nitrogen and oxygen atoms in total. The first-order valence-corrected chi connectivity index (χ1v) is 13.8. The Morgan fingerprint density at radius 1 is 1.13 bits per heavy atom. The molecule has 0 radical (unpaired) electrons. The highest BCUT2D eigenvalue weighted by molar-refractivity contribution is 7.52. The molecular weight excluding hydrogens is 540 g/mol. The number of alkyl halides is 1. The third kappa shape index (κ3) is 6.82. The van der Waals surface area contributed by atoms with Crippen molar-refractivity contribution in [1.82, 2.24) is 14.6 Å². The van der Waals surface area contributed by atoms with Crippen LogP contribution in [-0.4, -0.2) is 58.6 Å². The second-order valence-electron chi connectivity index (χ2n) is 9.28. The van der Waals surface area contributed by atoms with E-state index in [2.05, 4.69) is 5.09 Å². The molecule has 2 fully saturated rings. The summed E-state index contributed by atoms with van der Waals surface area (Å²) in [6.07, 6.45) is -3.06. The molecule has 15 heteroatoms. The van der Waals surface area contributed by atoms with E-state index in [1.165, 1.54) is 19.1 Å². The minimum Gasteiger partial charge on any atom is -0.465 e. The fraction of sp³-hybridized carbons (Fsp3) is 0.500. The number of fused-ring (bicyclic) bond motifs is 1. The molecule has 1 aromatic carbocycles. The quantitative estimate of drug-likeness (QED) is 0.410. The zero-order valence-electron chi connectivity index (χ0n) is 21.2. The average molecular weight is 569 g/mol. The number of halogens is 1. The van der Waals surface area contributed by atoms with E-state index in [9.17, 15) is 23.7 Å². The summed E-state index contributed by atoms with van der Waals surface area (Å²) in [4.78, 5) is 51.0. The minimum absolute atomic E-state index is 0.0178. The summed E-state index contributed by atoms with van der Waals surface area (Å²) >= 11 is 0. The summed E-state index contributed by atoms with van der Waals surface area (Å²) in [6.45, 7) is 1.83. The average Bonchev–Trinajstić information content (AvgIpc) is 3.11. The smallest absolute Gasteiger partial charge is 0.459 e. The molecule has 0 saturated carbocycles. The molecule has 0 amide bonds. The molecule has 2 aromatic rings. The van der Waals surface area contributed by atoms with Gasteiger partial charge in [-0.25, -0.2) is 13.8 Å². The van der Waals surface area contributed by atoms with Crippen LogP contribution in [0.25, 0.3) is 0 Å². The summed E-state index contributed by atoms with van der Waals surface area (Å²) in [5.74, 6) is -1.34. The molecular formula is C24H29FN3O10P. The largest absolute Gasteiger partial charge is 0.465 e. The number of nitrogens with one attached hydrogen (secondary N) is 2. The molecule has 3 heterocycles. The standard InChI is InChI=1S/C24H29FN3O10P/c1-15-21(31)34-13-7-6-10-19(30)37-20-17(14-35-39(33,27-15)38-16-8-4-3-5-9-16)36-22(24(20,2)25)28-12-11-18(29)26-23(28)32/h3-5,8-9,11-12,15,17,20,22H,6-7,10,13-14H2,1-2H3,(H,27,33)(H,26,29,32)/t15-,17+,20+,22+,24+,39+/m0/s1. The number of aromatic amines is 1. The number of carbonyl (C=O) groups is 2. The van der Waals surface area contributed by atoms with Crippen molar-refractivity contribution in [2.24, 2.45) is 0 Å². The number of benzene rings is 1. The van der Waals surface area contributed by atoms with Crippen molar-refractivity contribution < 1.29 is 41.8 Å². The van der Waals surface area contributed by atoms with Crippen molar-refractivity contribution in [3.63, 3.8) is 0 Å². The zero-order valence-corrected chi connectivity index (χ0v) is 22.1. The van der Waals surface area contributed by atoms with Crippen LogP contribution in [0.2, 0.25) is 0 Å². The number of rotatable bonds is 3. The van der Waals surface area contributed by atoms with Crippen molar-refractivity contribution in [2.75, 3.05) is 13.2 Å². The van der Waals surface area contributed by atoms with E-state index in [0.29, 0.717) is 6.42 Å². The Bertz CT molecular complexity index is 1350. The first kappa shape index (κ1) is 28.7. The van der Waals surface area contributed by atoms with Gasteiger partial charge in [-0.3, -0.25) is 28.5 Å². The Hall–Kier alpha value is -3.32. The number of cyclic esters (lactones) is 1. The maximum Gasteiger partial charge on any atom is 0.459 e. The van der Waals surface area contributed by atoms with Crippen LogP contribution < -0.4 is 20.9 Å². The third-order valence-electron chi connectivity index (χ3n) is 6.15. The second-order valence-corrected chi connectivity index (χ2v) is 11.0. The maximum absolute atomic E-state index is 16.3. The Morgan fingerprint density at radius 3 is 2.59 bits per heavy atom. The second kappa shape index (κ2) is 11.8. The Balaban J connectivity index is 1.67. The Kier molecular flexibility index (Phi) is 8.70. The lowest BCUT2D eigenvalue weighted by atomic mass is 9.98. The maximum atomic E-state index is 16.3. The number of esters is 2. The van der Waals surface area contributed by atoms with Gasteiger partial charge in [0.1, 0.15) is 17.9 Å². The third-order valence-corrected chi connectivity index (χ3v) is 7.79. The normalized spacial score (nSPS) is 32.7. The predicted molar refractivity (Wildman–Crippen MR) is 133 cm³/mol. The summed E-state index contributed by atoms with van der Waals surface area (Å²) in [5, 5.41) is 2.51. The van der Waals surface area contributed by atoms with Crippen LogP contribution in [0.3, 0.4) is 0 Å². The molecule has 2 saturated heterocycles.